The number of ether oxygens (including phenoxy) is 1. The first-order valence-corrected chi connectivity index (χ1v) is 10.9. The third-order valence-electron chi connectivity index (χ3n) is 4.09. The molecular formula is C20H24NO7P. The fraction of sp³-hybridized carbons (Fsp3) is 0.350. The number of nitrogens with zero attached hydrogens (tertiary/aromatic N) is 1. The van der Waals surface area contributed by atoms with Crippen molar-refractivity contribution in [1.82, 2.24) is 0 Å². The van der Waals surface area contributed by atoms with Gasteiger partial charge in [-0.2, -0.15) is 0 Å². The van der Waals surface area contributed by atoms with Crippen molar-refractivity contribution in [2.75, 3.05) is 12.8 Å². The van der Waals surface area contributed by atoms with Crippen molar-refractivity contribution in [3.05, 3.63) is 64.7 Å². The predicted molar refractivity (Wildman–Crippen MR) is 108 cm³/mol. The molecule has 29 heavy (non-hydrogen) atoms. The Kier molecular flexibility index (Phi) is 7.79. The van der Waals surface area contributed by atoms with Crippen molar-refractivity contribution < 1.29 is 28.1 Å². The van der Waals surface area contributed by atoms with Crippen LogP contribution in [0.25, 0.3) is 0 Å². The number of carbonyl (C=O) groups is 1. The number of para-hydroxylation sites is 1. The molecular weight excluding hydrogens is 397 g/mol. The highest BCUT2D eigenvalue weighted by Crippen LogP contribution is 2.51. The molecule has 0 bridgehead atoms. The average Bonchev–Trinajstić information content (AvgIpc) is 2.67. The molecule has 0 N–H and O–H groups in total. The zero-order valence-corrected chi connectivity index (χ0v) is 17.4. The summed E-state index contributed by atoms with van der Waals surface area (Å²) >= 11 is 0. The van der Waals surface area contributed by atoms with Gasteiger partial charge in [-0.25, -0.2) is 4.57 Å². The molecule has 0 amide bonds. The van der Waals surface area contributed by atoms with E-state index in [1.807, 2.05) is 13.8 Å². The highest BCUT2D eigenvalue weighted by atomic mass is 31.2. The third-order valence-corrected chi connectivity index (χ3v) is 5.91. The zero-order valence-electron chi connectivity index (χ0n) is 16.5. The maximum Gasteiger partial charge on any atom is 0.431 e. The van der Waals surface area contributed by atoms with E-state index in [2.05, 4.69) is 0 Å². The van der Waals surface area contributed by atoms with Gasteiger partial charge in [0.05, 0.1) is 23.6 Å². The van der Waals surface area contributed by atoms with Crippen molar-refractivity contribution in [3.63, 3.8) is 0 Å². The molecule has 2 atom stereocenters. The summed E-state index contributed by atoms with van der Waals surface area (Å²) < 4.78 is 30.1. The van der Waals surface area contributed by atoms with Gasteiger partial charge in [-0.1, -0.05) is 32.0 Å². The van der Waals surface area contributed by atoms with Crippen LogP contribution in [0.3, 0.4) is 0 Å². The van der Waals surface area contributed by atoms with Gasteiger partial charge in [0, 0.05) is 12.1 Å². The average molecular weight is 421 g/mol. The molecule has 0 aliphatic carbocycles. The van der Waals surface area contributed by atoms with Gasteiger partial charge in [0.25, 0.3) is 5.69 Å². The Morgan fingerprint density at radius 3 is 2.07 bits per heavy atom. The van der Waals surface area contributed by atoms with Gasteiger partial charge in [0.1, 0.15) is 11.5 Å². The quantitative estimate of drug-likeness (QED) is 0.228. The Bertz CT molecular complexity index is 868. The number of nitro groups is 1. The smallest absolute Gasteiger partial charge is 0.431 e. The number of esters is 1. The monoisotopic (exact) mass is 421 g/mol. The first-order chi connectivity index (χ1) is 13.7. The normalized spacial score (nSPS) is 13.9. The molecule has 0 radical (unpaired) electrons. The molecule has 0 aliphatic rings. The van der Waals surface area contributed by atoms with Crippen molar-refractivity contribution in [2.45, 2.75) is 20.8 Å². The molecule has 156 valence electrons. The number of benzene rings is 2. The summed E-state index contributed by atoms with van der Waals surface area (Å²) in [5.74, 6) is -0.887. The van der Waals surface area contributed by atoms with E-state index < -0.39 is 24.4 Å². The summed E-state index contributed by atoms with van der Waals surface area (Å²) in [7, 11) is -3.86. The number of nitro benzene ring substituents is 1. The maximum absolute atomic E-state index is 13.6. The molecule has 0 aliphatic heterocycles. The summed E-state index contributed by atoms with van der Waals surface area (Å²) in [6, 6.07) is 13.6. The molecule has 0 spiro atoms. The standard InChI is InChI=1S/C20H24NO7P/c1-4-26-20(22)19(15(2)3)14-29(25,27-17-8-6-5-7-9-17)28-18-12-10-16(11-13-18)21(23)24/h5-13,15,19H,4,14H2,1-3H3/t19-,29?/m0/s1. The van der Waals surface area contributed by atoms with Crippen LogP contribution in [-0.4, -0.2) is 23.7 Å². The van der Waals surface area contributed by atoms with Crippen LogP contribution in [0.15, 0.2) is 54.6 Å². The van der Waals surface area contributed by atoms with Crippen LogP contribution < -0.4 is 9.05 Å². The lowest BCUT2D eigenvalue weighted by atomic mass is 9.98. The molecule has 0 aromatic heterocycles. The lowest BCUT2D eigenvalue weighted by Gasteiger charge is -2.25. The molecule has 0 heterocycles. The van der Waals surface area contributed by atoms with Crippen molar-refractivity contribution in [3.8, 4) is 11.5 Å². The Hall–Kier alpha value is -2.86. The van der Waals surface area contributed by atoms with E-state index >= 15 is 0 Å². The lowest BCUT2D eigenvalue weighted by Crippen LogP contribution is -2.28. The molecule has 2 aromatic rings. The number of hydrogen-bond acceptors (Lipinski definition) is 7. The van der Waals surface area contributed by atoms with Crippen molar-refractivity contribution in [2.24, 2.45) is 11.8 Å². The largest absolute Gasteiger partial charge is 0.466 e. The Morgan fingerprint density at radius 2 is 1.59 bits per heavy atom. The van der Waals surface area contributed by atoms with E-state index in [0.717, 1.165) is 0 Å². The summed E-state index contributed by atoms with van der Waals surface area (Å²) in [6.07, 6.45) is -0.199. The second-order valence-electron chi connectivity index (χ2n) is 6.64. The molecule has 2 rings (SSSR count). The Balaban J connectivity index is 2.32. The fourth-order valence-corrected chi connectivity index (χ4v) is 4.70. The number of non-ortho nitro benzene ring substituents is 1. The molecule has 1 unspecified atom stereocenters. The van der Waals surface area contributed by atoms with E-state index in [1.165, 1.54) is 24.3 Å². The summed E-state index contributed by atoms with van der Waals surface area (Å²) in [5, 5.41) is 10.8. The van der Waals surface area contributed by atoms with Crippen molar-refractivity contribution >= 4 is 19.3 Å². The fourth-order valence-electron chi connectivity index (χ4n) is 2.57. The predicted octanol–water partition coefficient (Wildman–Crippen LogP) is 5.08. The first kappa shape index (κ1) is 22.4. The van der Waals surface area contributed by atoms with E-state index in [4.69, 9.17) is 13.8 Å². The van der Waals surface area contributed by atoms with Crippen molar-refractivity contribution in [1.29, 1.82) is 0 Å². The summed E-state index contributed by atoms with van der Waals surface area (Å²) in [4.78, 5) is 22.6. The topological polar surface area (TPSA) is 105 Å². The molecule has 0 fully saturated rings. The minimum atomic E-state index is -3.86. The van der Waals surface area contributed by atoms with Gasteiger partial charge >= 0.3 is 13.6 Å². The lowest BCUT2D eigenvalue weighted by molar-refractivity contribution is -0.384. The Labute approximate surface area is 169 Å². The molecule has 0 saturated carbocycles. The van der Waals surface area contributed by atoms with Crippen LogP contribution >= 0.6 is 7.60 Å². The second kappa shape index (κ2) is 10.1. The van der Waals surface area contributed by atoms with Crippen LogP contribution in [0.2, 0.25) is 0 Å². The van der Waals surface area contributed by atoms with E-state index in [0.29, 0.717) is 5.75 Å². The van der Waals surface area contributed by atoms with Gasteiger partial charge < -0.3 is 13.8 Å². The van der Waals surface area contributed by atoms with Crippen LogP contribution in [0.4, 0.5) is 5.69 Å². The van der Waals surface area contributed by atoms with Crippen LogP contribution in [0, 0.1) is 22.0 Å². The first-order valence-electron chi connectivity index (χ1n) is 9.18. The molecule has 0 saturated heterocycles. The van der Waals surface area contributed by atoms with Crippen LogP contribution in [0.5, 0.6) is 11.5 Å². The van der Waals surface area contributed by atoms with Gasteiger partial charge in [0.2, 0.25) is 0 Å². The maximum atomic E-state index is 13.6. The minimum Gasteiger partial charge on any atom is -0.466 e. The summed E-state index contributed by atoms with van der Waals surface area (Å²) in [5.41, 5.74) is -0.122. The Morgan fingerprint density at radius 1 is 1.03 bits per heavy atom. The molecule has 2 aromatic carbocycles. The highest BCUT2D eigenvalue weighted by molar-refractivity contribution is 7.54. The minimum absolute atomic E-state index is 0.122. The SMILES string of the molecule is CCOC(=O)[C@@H](CP(=O)(Oc1ccccc1)Oc1ccc([N+](=O)[O-])cc1)C(C)C. The van der Waals surface area contributed by atoms with Gasteiger partial charge in [-0.3, -0.25) is 14.9 Å². The van der Waals surface area contributed by atoms with Gasteiger partial charge in [-0.15, -0.1) is 0 Å². The number of carbonyl (C=O) groups excluding carboxylic acids is 1. The number of hydrogen-bond donors (Lipinski definition) is 0. The van der Waals surface area contributed by atoms with Crippen LogP contribution in [0.1, 0.15) is 20.8 Å². The number of rotatable bonds is 10. The van der Waals surface area contributed by atoms with Gasteiger partial charge in [-0.05, 0) is 37.1 Å². The highest BCUT2D eigenvalue weighted by Gasteiger charge is 2.38. The van der Waals surface area contributed by atoms with E-state index in [1.54, 1.807) is 37.3 Å². The second-order valence-corrected chi connectivity index (χ2v) is 8.59. The van der Waals surface area contributed by atoms with E-state index in [9.17, 15) is 19.5 Å². The summed E-state index contributed by atoms with van der Waals surface area (Å²) in [6.45, 7) is 5.54. The molecule has 8 nitrogen and oxygen atoms in total. The van der Waals surface area contributed by atoms with Crippen LogP contribution in [-0.2, 0) is 14.1 Å². The zero-order chi connectivity index (χ0) is 21.4. The van der Waals surface area contributed by atoms with E-state index in [-0.39, 0.29) is 30.1 Å². The molecule has 9 heteroatoms. The van der Waals surface area contributed by atoms with Gasteiger partial charge in [0.15, 0.2) is 0 Å². The third kappa shape index (κ3) is 6.61.